The zero-order valence-electron chi connectivity index (χ0n) is 3.73. The van der Waals surface area contributed by atoms with Gasteiger partial charge in [-0.1, -0.05) is 44.1 Å². The summed E-state index contributed by atoms with van der Waals surface area (Å²) in [6.45, 7) is 3.73. The van der Waals surface area contributed by atoms with E-state index in [1.807, 2.05) is 6.92 Å². The van der Waals surface area contributed by atoms with Gasteiger partial charge in [-0.2, -0.15) is 0 Å². The summed E-state index contributed by atoms with van der Waals surface area (Å²) in [5.41, 5.74) is 0. The van der Waals surface area contributed by atoms with Gasteiger partial charge in [-0.3, -0.25) is 0 Å². The molecule has 0 bridgehead atoms. The van der Waals surface area contributed by atoms with Crippen LogP contribution in [0.25, 0.3) is 0 Å². The standard InChI is InChI=1S/C4H10O.5CH4/c1-3-4(2)5;;;;;/h4-5H,3H2,1-2H3;5*1H4/t4-;;;;;/m1...../s1. The highest BCUT2D eigenvalue weighted by Crippen LogP contribution is 1.81. The molecule has 0 radical (unpaired) electrons. The first kappa shape index (κ1) is 51.0. The summed E-state index contributed by atoms with van der Waals surface area (Å²) in [4.78, 5) is 0. The zero-order chi connectivity index (χ0) is 4.28. The van der Waals surface area contributed by atoms with E-state index >= 15 is 0 Å². The molecule has 0 spiro atoms. The van der Waals surface area contributed by atoms with Crippen LogP contribution in [0.15, 0.2) is 0 Å². The maximum absolute atomic E-state index is 8.36. The van der Waals surface area contributed by atoms with Gasteiger partial charge in [0.25, 0.3) is 0 Å². The summed E-state index contributed by atoms with van der Waals surface area (Å²) in [6, 6.07) is 0. The maximum atomic E-state index is 8.36. The van der Waals surface area contributed by atoms with Crippen molar-refractivity contribution in [2.45, 2.75) is 63.5 Å². The van der Waals surface area contributed by atoms with Crippen molar-refractivity contribution in [1.29, 1.82) is 0 Å². The fourth-order valence-electron chi connectivity index (χ4n) is 0. The summed E-state index contributed by atoms with van der Waals surface area (Å²) < 4.78 is 0. The lowest BCUT2D eigenvalue weighted by Gasteiger charge is -1.90. The smallest absolute Gasteiger partial charge is 0.0509 e. The Bertz CT molecular complexity index is 18.7. The average Bonchev–Trinajstić information content (AvgIpc) is 1.38. The predicted octanol–water partition coefficient (Wildman–Crippen LogP) is 3.96. The van der Waals surface area contributed by atoms with Crippen LogP contribution < -0.4 is 0 Å². The molecule has 0 saturated heterocycles. The van der Waals surface area contributed by atoms with Crippen LogP contribution in [0.2, 0.25) is 0 Å². The van der Waals surface area contributed by atoms with Gasteiger partial charge < -0.3 is 5.11 Å². The van der Waals surface area contributed by atoms with Crippen LogP contribution in [0.1, 0.15) is 57.4 Å². The Kier molecular flexibility index (Phi) is 185. The first-order valence-corrected chi connectivity index (χ1v) is 1.95. The van der Waals surface area contributed by atoms with Gasteiger partial charge in [-0.15, -0.1) is 0 Å². The lowest BCUT2D eigenvalue weighted by atomic mass is 10.3. The second kappa shape index (κ2) is 36.2. The molecule has 0 saturated carbocycles. The van der Waals surface area contributed by atoms with Gasteiger partial charge >= 0.3 is 0 Å². The molecule has 1 atom stereocenters. The van der Waals surface area contributed by atoms with E-state index in [1.54, 1.807) is 6.92 Å². The van der Waals surface area contributed by atoms with Crippen molar-refractivity contribution in [2.24, 2.45) is 0 Å². The van der Waals surface area contributed by atoms with Crippen LogP contribution in [-0.2, 0) is 0 Å². The van der Waals surface area contributed by atoms with Gasteiger partial charge in [0, 0.05) is 0 Å². The molecule has 0 fully saturated rings. The summed E-state index contributed by atoms with van der Waals surface area (Å²) in [5.74, 6) is 0. The molecule has 0 heterocycles. The number of hydrogen-bond donors (Lipinski definition) is 1. The molecule has 0 unspecified atom stereocenters. The quantitative estimate of drug-likeness (QED) is 0.606. The Labute approximate surface area is 69.5 Å². The van der Waals surface area contributed by atoms with E-state index in [9.17, 15) is 0 Å². The number of aliphatic hydroxyl groups excluding tert-OH is 1. The molecule has 0 aliphatic rings. The van der Waals surface area contributed by atoms with Crippen LogP contribution in [-0.4, -0.2) is 11.2 Å². The lowest BCUT2D eigenvalue weighted by molar-refractivity contribution is 0.191. The third kappa shape index (κ3) is 100. The van der Waals surface area contributed by atoms with Crippen molar-refractivity contribution in [3.05, 3.63) is 0 Å². The van der Waals surface area contributed by atoms with Gasteiger partial charge in [-0.25, -0.2) is 0 Å². The van der Waals surface area contributed by atoms with Crippen LogP contribution >= 0.6 is 0 Å². The largest absolute Gasteiger partial charge is 0.393 e. The molecule has 10 heavy (non-hydrogen) atoms. The highest BCUT2D eigenvalue weighted by Gasteiger charge is 1.81. The second-order valence-electron chi connectivity index (χ2n) is 1.26. The topological polar surface area (TPSA) is 20.2 Å². The highest BCUT2D eigenvalue weighted by molar-refractivity contribution is 4.34. The molecule has 0 aliphatic carbocycles. The van der Waals surface area contributed by atoms with Crippen molar-refractivity contribution in [2.75, 3.05) is 0 Å². The minimum atomic E-state index is -0.116. The molecular weight excluding hydrogens is 124 g/mol. The van der Waals surface area contributed by atoms with E-state index in [2.05, 4.69) is 0 Å². The molecule has 1 nitrogen and oxygen atoms in total. The third-order valence-electron chi connectivity index (χ3n) is 0.591. The summed E-state index contributed by atoms with van der Waals surface area (Å²) in [7, 11) is 0. The Morgan fingerprint density at radius 2 is 1.10 bits per heavy atom. The van der Waals surface area contributed by atoms with Gasteiger partial charge in [0.2, 0.25) is 0 Å². The summed E-state index contributed by atoms with van der Waals surface area (Å²) in [6.07, 6.45) is 0.745. The Balaban J connectivity index is -0.00000000800. The Hall–Kier alpha value is -0.0400. The van der Waals surface area contributed by atoms with E-state index < -0.39 is 0 Å². The second-order valence-corrected chi connectivity index (χ2v) is 1.26. The molecule has 72 valence electrons. The van der Waals surface area contributed by atoms with E-state index in [0.29, 0.717) is 0 Å². The fraction of sp³-hybridized carbons (Fsp3) is 1.00. The van der Waals surface area contributed by atoms with Crippen LogP contribution in [0.3, 0.4) is 0 Å². The van der Waals surface area contributed by atoms with Gasteiger partial charge in [0.15, 0.2) is 0 Å². The van der Waals surface area contributed by atoms with E-state index in [0.717, 1.165) is 6.42 Å². The van der Waals surface area contributed by atoms with Crippen LogP contribution in [0.4, 0.5) is 0 Å². The molecule has 0 aromatic carbocycles. The Morgan fingerprint density at radius 1 is 1.00 bits per heavy atom. The molecule has 0 rings (SSSR count). The SMILES string of the molecule is C.C.C.C.C.CC[C@@H](C)O. The summed E-state index contributed by atoms with van der Waals surface area (Å²) >= 11 is 0. The number of rotatable bonds is 1. The maximum Gasteiger partial charge on any atom is 0.0509 e. The monoisotopic (exact) mass is 154 g/mol. The van der Waals surface area contributed by atoms with Gasteiger partial charge in [-0.05, 0) is 13.3 Å². The molecule has 1 heteroatoms. The minimum Gasteiger partial charge on any atom is -0.393 e. The van der Waals surface area contributed by atoms with Gasteiger partial charge in [0.1, 0.15) is 0 Å². The van der Waals surface area contributed by atoms with E-state index in [-0.39, 0.29) is 43.2 Å². The molecule has 0 amide bonds. The normalized spacial score (nSPS) is 7.50. The molecular formula is C9H30O. The lowest BCUT2D eigenvalue weighted by Crippen LogP contribution is -1.93. The number of hydrogen-bond acceptors (Lipinski definition) is 1. The van der Waals surface area contributed by atoms with E-state index in [4.69, 9.17) is 5.11 Å². The first-order valence-electron chi connectivity index (χ1n) is 1.95. The molecule has 0 aliphatic heterocycles. The van der Waals surface area contributed by atoms with Crippen molar-refractivity contribution in [3.63, 3.8) is 0 Å². The van der Waals surface area contributed by atoms with Gasteiger partial charge in [0.05, 0.1) is 6.10 Å². The predicted molar refractivity (Wildman–Crippen MR) is 55.6 cm³/mol. The first-order chi connectivity index (χ1) is 2.27. The van der Waals surface area contributed by atoms with Crippen molar-refractivity contribution in [3.8, 4) is 0 Å². The average molecular weight is 154 g/mol. The van der Waals surface area contributed by atoms with Crippen LogP contribution in [0.5, 0.6) is 0 Å². The van der Waals surface area contributed by atoms with Crippen LogP contribution in [0, 0.1) is 0 Å². The Morgan fingerprint density at radius 3 is 1.10 bits per heavy atom. The summed E-state index contributed by atoms with van der Waals surface area (Å²) in [5, 5.41) is 8.36. The van der Waals surface area contributed by atoms with Crippen molar-refractivity contribution >= 4 is 0 Å². The third-order valence-corrected chi connectivity index (χ3v) is 0.591. The van der Waals surface area contributed by atoms with Crippen molar-refractivity contribution in [1.82, 2.24) is 0 Å². The minimum absolute atomic E-state index is 0. The molecule has 1 N–H and O–H groups in total. The highest BCUT2D eigenvalue weighted by atomic mass is 16.3. The number of aliphatic hydroxyl groups is 1. The van der Waals surface area contributed by atoms with Crippen molar-refractivity contribution < 1.29 is 5.11 Å². The van der Waals surface area contributed by atoms with E-state index in [1.165, 1.54) is 0 Å². The molecule has 0 aromatic heterocycles. The zero-order valence-corrected chi connectivity index (χ0v) is 3.73. The fourth-order valence-corrected chi connectivity index (χ4v) is 0. The molecule has 0 aromatic rings.